The molecule has 1 atom stereocenters. The van der Waals surface area contributed by atoms with E-state index < -0.39 is 10.0 Å². The van der Waals surface area contributed by atoms with Crippen LogP contribution in [-0.2, 0) is 10.0 Å². The molecule has 1 aromatic rings. The highest BCUT2D eigenvalue weighted by molar-refractivity contribution is 9.10. The Hall–Kier alpha value is -0.430. The van der Waals surface area contributed by atoms with E-state index in [1.165, 1.54) is 0 Å². The van der Waals surface area contributed by atoms with Gasteiger partial charge in [0.1, 0.15) is 0 Å². The molecular weight excluding hydrogens is 328 g/mol. The Morgan fingerprint density at radius 3 is 2.79 bits per heavy atom. The molecule has 2 rings (SSSR count). The standard InChI is InChI=1S/C13H19BrN2O2S/c1-10-8-12(5-6-13(10)14)19(17,18)15-11-4-3-7-16(2)9-11/h5-6,8,11,15H,3-4,7,9H2,1-2H3. The van der Waals surface area contributed by atoms with E-state index in [-0.39, 0.29) is 6.04 Å². The summed E-state index contributed by atoms with van der Waals surface area (Å²) in [6.07, 6.45) is 1.93. The van der Waals surface area contributed by atoms with Crippen LogP contribution in [0.25, 0.3) is 0 Å². The first-order valence-electron chi connectivity index (χ1n) is 6.35. The van der Waals surface area contributed by atoms with E-state index in [1.807, 2.05) is 14.0 Å². The lowest BCUT2D eigenvalue weighted by atomic mass is 10.1. The molecule has 0 amide bonds. The van der Waals surface area contributed by atoms with Crippen LogP contribution >= 0.6 is 15.9 Å². The molecule has 4 nitrogen and oxygen atoms in total. The Kier molecular flexibility index (Phi) is 4.66. The molecule has 1 aromatic carbocycles. The van der Waals surface area contributed by atoms with E-state index in [9.17, 15) is 8.42 Å². The maximum atomic E-state index is 12.3. The van der Waals surface area contributed by atoms with Crippen molar-refractivity contribution in [3.8, 4) is 0 Å². The zero-order valence-electron chi connectivity index (χ0n) is 11.2. The fourth-order valence-corrected chi connectivity index (χ4v) is 3.93. The predicted molar refractivity (Wildman–Crippen MR) is 79.7 cm³/mol. The van der Waals surface area contributed by atoms with Crippen LogP contribution in [0.5, 0.6) is 0 Å². The molecule has 1 aliphatic heterocycles. The van der Waals surface area contributed by atoms with E-state index in [4.69, 9.17) is 0 Å². The third-order valence-corrected chi connectivity index (χ3v) is 5.79. The van der Waals surface area contributed by atoms with Crippen molar-refractivity contribution < 1.29 is 8.42 Å². The van der Waals surface area contributed by atoms with Gasteiger partial charge in [-0.1, -0.05) is 15.9 Å². The molecule has 1 fully saturated rings. The molecular formula is C13H19BrN2O2S. The van der Waals surface area contributed by atoms with Crippen LogP contribution in [0.3, 0.4) is 0 Å². The Morgan fingerprint density at radius 2 is 2.16 bits per heavy atom. The summed E-state index contributed by atoms with van der Waals surface area (Å²) in [7, 11) is -1.40. The van der Waals surface area contributed by atoms with Crippen molar-refractivity contribution >= 4 is 26.0 Å². The van der Waals surface area contributed by atoms with Crippen LogP contribution in [0.1, 0.15) is 18.4 Å². The number of nitrogens with one attached hydrogen (secondary N) is 1. The van der Waals surface area contributed by atoms with Crippen molar-refractivity contribution in [3.05, 3.63) is 28.2 Å². The number of likely N-dealkylation sites (tertiary alicyclic amines) is 1. The van der Waals surface area contributed by atoms with Crippen molar-refractivity contribution in [1.82, 2.24) is 9.62 Å². The van der Waals surface area contributed by atoms with Crippen molar-refractivity contribution in [2.75, 3.05) is 20.1 Å². The van der Waals surface area contributed by atoms with Gasteiger partial charge in [-0.25, -0.2) is 13.1 Å². The van der Waals surface area contributed by atoms with Gasteiger partial charge in [0.25, 0.3) is 0 Å². The summed E-state index contributed by atoms with van der Waals surface area (Å²) in [5.74, 6) is 0. The van der Waals surface area contributed by atoms with Gasteiger partial charge in [-0.2, -0.15) is 0 Å². The van der Waals surface area contributed by atoms with Gasteiger partial charge >= 0.3 is 0 Å². The summed E-state index contributed by atoms with van der Waals surface area (Å²) in [5, 5.41) is 0. The zero-order valence-corrected chi connectivity index (χ0v) is 13.6. The summed E-state index contributed by atoms with van der Waals surface area (Å²) in [6.45, 7) is 3.70. The number of likely N-dealkylation sites (N-methyl/N-ethyl adjacent to an activating group) is 1. The van der Waals surface area contributed by atoms with E-state index in [0.717, 1.165) is 36.0 Å². The number of halogens is 1. The summed E-state index contributed by atoms with van der Waals surface area (Å²) in [6, 6.07) is 5.11. The Balaban J connectivity index is 2.15. The van der Waals surface area contributed by atoms with Gasteiger partial charge in [0.05, 0.1) is 4.90 Å². The molecule has 0 aromatic heterocycles. The molecule has 19 heavy (non-hydrogen) atoms. The van der Waals surface area contributed by atoms with Crippen LogP contribution in [-0.4, -0.2) is 39.5 Å². The molecule has 0 bridgehead atoms. The fraction of sp³-hybridized carbons (Fsp3) is 0.538. The predicted octanol–water partition coefficient (Wildman–Crippen LogP) is 2.13. The number of sulfonamides is 1. The van der Waals surface area contributed by atoms with Crippen LogP contribution in [0.4, 0.5) is 0 Å². The van der Waals surface area contributed by atoms with Crippen molar-refractivity contribution in [2.24, 2.45) is 0 Å². The quantitative estimate of drug-likeness (QED) is 0.911. The molecule has 1 heterocycles. The molecule has 0 saturated carbocycles. The van der Waals surface area contributed by atoms with Gasteiger partial charge in [-0.3, -0.25) is 0 Å². The third kappa shape index (κ3) is 3.78. The lowest BCUT2D eigenvalue weighted by Gasteiger charge is -2.30. The second-order valence-corrected chi connectivity index (χ2v) is 7.70. The molecule has 1 unspecified atom stereocenters. The van der Waals surface area contributed by atoms with E-state index in [0.29, 0.717) is 4.90 Å². The zero-order chi connectivity index (χ0) is 14.0. The number of nitrogens with zero attached hydrogens (tertiary/aromatic N) is 1. The minimum Gasteiger partial charge on any atom is -0.305 e. The average Bonchev–Trinajstić information content (AvgIpc) is 2.32. The topological polar surface area (TPSA) is 49.4 Å². The third-order valence-electron chi connectivity index (χ3n) is 3.39. The minimum atomic E-state index is -3.42. The van der Waals surface area contributed by atoms with E-state index in [2.05, 4.69) is 25.6 Å². The first-order valence-corrected chi connectivity index (χ1v) is 8.63. The molecule has 0 radical (unpaired) electrons. The maximum Gasteiger partial charge on any atom is 0.240 e. The first-order chi connectivity index (χ1) is 8.88. The second-order valence-electron chi connectivity index (χ2n) is 5.13. The number of benzene rings is 1. The average molecular weight is 347 g/mol. The molecule has 0 aliphatic carbocycles. The second kappa shape index (κ2) is 5.91. The van der Waals surface area contributed by atoms with Gasteiger partial charge in [0.2, 0.25) is 10.0 Å². The molecule has 6 heteroatoms. The monoisotopic (exact) mass is 346 g/mol. The number of rotatable bonds is 3. The van der Waals surface area contributed by atoms with Crippen LogP contribution < -0.4 is 4.72 Å². The molecule has 1 aliphatic rings. The van der Waals surface area contributed by atoms with Crippen LogP contribution in [0.2, 0.25) is 0 Å². The van der Waals surface area contributed by atoms with Crippen LogP contribution in [0.15, 0.2) is 27.6 Å². The fourth-order valence-electron chi connectivity index (χ4n) is 2.33. The highest BCUT2D eigenvalue weighted by Gasteiger charge is 2.23. The molecule has 1 saturated heterocycles. The summed E-state index contributed by atoms with van der Waals surface area (Å²) in [5.41, 5.74) is 0.920. The molecule has 106 valence electrons. The number of hydrogen-bond donors (Lipinski definition) is 1. The highest BCUT2D eigenvalue weighted by atomic mass is 79.9. The van der Waals surface area contributed by atoms with Crippen molar-refractivity contribution in [3.63, 3.8) is 0 Å². The van der Waals surface area contributed by atoms with Crippen molar-refractivity contribution in [1.29, 1.82) is 0 Å². The summed E-state index contributed by atoms with van der Waals surface area (Å²) < 4.78 is 28.4. The summed E-state index contributed by atoms with van der Waals surface area (Å²) in [4.78, 5) is 2.49. The van der Waals surface area contributed by atoms with Gasteiger partial charge in [0.15, 0.2) is 0 Å². The van der Waals surface area contributed by atoms with E-state index in [1.54, 1.807) is 18.2 Å². The number of hydrogen-bond acceptors (Lipinski definition) is 3. The smallest absolute Gasteiger partial charge is 0.240 e. The first kappa shape index (κ1) is 15.0. The molecule has 0 spiro atoms. The van der Waals surface area contributed by atoms with Gasteiger partial charge in [-0.15, -0.1) is 0 Å². The lowest BCUT2D eigenvalue weighted by molar-refractivity contribution is 0.242. The number of piperidine rings is 1. The SMILES string of the molecule is Cc1cc(S(=O)(=O)NC2CCCN(C)C2)ccc1Br. The summed E-state index contributed by atoms with van der Waals surface area (Å²) >= 11 is 3.38. The lowest BCUT2D eigenvalue weighted by Crippen LogP contribution is -2.46. The molecule has 1 N–H and O–H groups in total. The van der Waals surface area contributed by atoms with Crippen LogP contribution in [0, 0.1) is 6.92 Å². The Morgan fingerprint density at radius 1 is 1.42 bits per heavy atom. The minimum absolute atomic E-state index is 0.00713. The Bertz CT molecular complexity index is 560. The van der Waals surface area contributed by atoms with Gasteiger partial charge in [-0.05, 0) is 57.1 Å². The van der Waals surface area contributed by atoms with Gasteiger partial charge in [0, 0.05) is 17.1 Å². The maximum absolute atomic E-state index is 12.3. The van der Waals surface area contributed by atoms with E-state index >= 15 is 0 Å². The highest BCUT2D eigenvalue weighted by Crippen LogP contribution is 2.20. The van der Waals surface area contributed by atoms with Crippen molar-refractivity contribution in [2.45, 2.75) is 30.7 Å². The number of aryl methyl sites for hydroxylation is 1. The largest absolute Gasteiger partial charge is 0.305 e. The Labute approximate surface area is 123 Å². The normalized spacial score (nSPS) is 21.5. The van der Waals surface area contributed by atoms with Gasteiger partial charge < -0.3 is 4.90 Å².